The summed E-state index contributed by atoms with van der Waals surface area (Å²) in [5, 5.41) is 0. The molecule has 1 fully saturated rings. The number of H-pyrrole nitrogens is 1. The number of likely N-dealkylation sites (tertiary alicyclic amines) is 1. The molecule has 4 rings (SSSR count). The summed E-state index contributed by atoms with van der Waals surface area (Å²) < 4.78 is 27.5. The molecule has 144 valence electrons. The molecule has 0 bridgehead atoms. The third-order valence-corrected chi connectivity index (χ3v) is 5.02. The van der Waals surface area contributed by atoms with Gasteiger partial charge < -0.3 is 4.98 Å². The van der Waals surface area contributed by atoms with Crippen molar-refractivity contribution in [1.29, 1.82) is 0 Å². The molecule has 0 saturated carbocycles. The molecule has 0 radical (unpaired) electrons. The van der Waals surface area contributed by atoms with Crippen molar-refractivity contribution in [1.82, 2.24) is 19.9 Å². The summed E-state index contributed by atoms with van der Waals surface area (Å²) in [5.74, 6) is -1.13. The van der Waals surface area contributed by atoms with Gasteiger partial charge in [-0.2, -0.15) is 0 Å². The fourth-order valence-corrected chi connectivity index (χ4v) is 3.66. The Labute approximate surface area is 161 Å². The second kappa shape index (κ2) is 7.98. The summed E-state index contributed by atoms with van der Waals surface area (Å²) in [6.45, 7) is 1.76. The van der Waals surface area contributed by atoms with Crippen LogP contribution in [0.25, 0.3) is 11.5 Å². The number of rotatable bonds is 4. The van der Waals surface area contributed by atoms with Gasteiger partial charge in [0.25, 0.3) is 5.56 Å². The summed E-state index contributed by atoms with van der Waals surface area (Å²) >= 11 is 0. The molecule has 0 amide bonds. The number of piperidine rings is 1. The monoisotopic (exact) mass is 382 g/mol. The summed E-state index contributed by atoms with van der Waals surface area (Å²) in [4.78, 5) is 25.8. The first kappa shape index (κ1) is 18.4. The van der Waals surface area contributed by atoms with Crippen molar-refractivity contribution in [2.75, 3.05) is 13.1 Å². The van der Waals surface area contributed by atoms with Crippen LogP contribution in [0.2, 0.25) is 0 Å². The second-order valence-electron chi connectivity index (χ2n) is 7.02. The first-order chi connectivity index (χ1) is 13.6. The summed E-state index contributed by atoms with van der Waals surface area (Å²) in [5.41, 5.74) is 1.43. The molecule has 5 nitrogen and oxygen atoms in total. The van der Waals surface area contributed by atoms with Crippen LogP contribution in [0, 0.1) is 11.6 Å². The minimum atomic E-state index is -0.831. The smallest absolute Gasteiger partial charge is 0.251 e. The van der Waals surface area contributed by atoms with Gasteiger partial charge in [-0.3, -0.25) is 14.7 Å². The zero-order valence-electron chi connectivity index (χ0n) is 15.2. The zero-order valence-corrected chi connectivity index (χ0v) is 15.2. The van der Waals surface area contributed by atoms with Gasteiger partial charge in [0.15, 0.2) is 17.5 Å². The molecule has 28 heavy (non-hydrogen) atoms. The van der Waals surface area contributed by atoms with Crippen LogP contribution in [-0.4, -0.2) is 32.9 Å². The third-order valence-electron chi connectivity index (χ3n) is 5.02. The van der Waals surface area contributed by atoms with E-state index in [2.05, 4.69) is 19.9 Å². The van der Waals surface area contributed by atoms with Gasteiger partial charge in [-0.05, 0) is 37.6 Å². The maximum Gasteiger partial charge on any atom is 0.251 e. The summed E-state index contributed by atoms with van der Waals surface area (Å²) in [7, 11) is 0. The molecule has 1 aromatic carbocycles. The molecule has 1 atom stereocenters. The summed E-state index contributed by atoms with van der Waals surface area (Å²) in [6, 6.07) is 11.2. The van der Waals surface area contributed by atoms with Gasteiger partial charge in [0.2, 0.25) is 0 Å². The number of nitrogens with zero attached hydrogens (tertiary/aromatic N) is 3. The second-order valence-corrected chi connectivity index (χ2v) is 7.02. The fraction of sp³-hybridized carbons (Fsp3) is 0.286. The summed E-state index contributed by atoms with van der Waals surface area (Å²) in [6.07, 6.45) is 3.44. The molecule has 0 aliphatic carbocycles. The highest BCUT2D eigenvalue weighted by Crippen LogP contribution is 2.27. The molecule has 1 aliphatic rings. The molecule has 2 aromatic heterocycles. The maximum absolute atomic E-state index is 14.0. The lowest BCUT2D eigenvalue weighted by Crippen LogP contribution is -2.35. The molecular formula is C21H20F2N4O. The van der Waals surface area contributed by atoms with Crippen molar-refractivity contribution in [2.24, 2.45) is 0 Å². The van der Waals surface area contributed by atoms with E-state index in [1.165, 1.54) is 12.1 Å². The Morgan fingerprint density at radius 1 is 1.18 bits per heavy atom. The average molecular weight is 382 g/mol. The lowest BCUT2D eigenvalue weighted by Gasteiger charge is -2.32. The topological polar surface area (TPSA) is 61.9 Å². The Morgan fingerprint density at radius 3 is 2.89 bits per heavy atom. The average Bonchev–Trinajstić information content (AvgIpc) is 2.72. The molecule has 1 saturated heterocycles. The number of hydrogen-bond donors (Lipinski definition) is 1. The van der Waals surface area contributed by atoms with Crippen LogP contribution in [0.5, 0.6) is 0 Å². The molecule has 0 unspecified atom stereocenters. The Kier molecular flexibility index (Phi) is 5.25. The fourth-order valence-electron chi connectivity index (χ4n) is 3.66. The van der Waals surface area contributed by atoms with Gasteiger partial charge in [0.1, 0.15) is 5.69 Å². The number of hydrogen-bond acceptors (Lipinski definition) is 4. The number of aromatic amines is 1. The zero-order chi connectivity index (χ0) is 19.5. The van der Waals surface area contributed by atoms with Gasteiger partial charge in [-0.15, -0.1) is 0 Å². The predicted octanol–water partition coefficient (Wildman–Crippen LogP) is 3.49. The van der Waals surface area contributed by atoms with Gasteiger partial charge >= 0.3 is 0 Å². The highest BCUT2D eigenvalue weighted by Gasteiger charge is 2.24. The Hall–Kier alpha value is -2.93. The van der Waals surface area contributed by atoms with Gasteiger partial charge in [0.05, 0.1) is 5.69 Å². The Balaban J connectivity index is 1.56. The van der Waals surface area contributed by atoms with Gasteiger partial charge in [-0.1, -0.05) is 18.2 Å². The Bertz CT molecular complexity index is 1020. The number of aromatic nitrogens is 3. The van der Waals surface area contributed by atoms with E-state index < -0.39 is 11.6 Å². The van der Waals surface area contributed by atoms with E-state index in [0.717, 1.165) is 25.5 Å². The largest absolute Gasteiger partial charge is 0.305 e. The van der Waals surface area contributed by atoms with Crippen LogP contribution < -0.4 is 5.56 Å². The molecule has 0 spiro atoms. The molecule has 1 aliphatic heterocycles. The van der Waals surface area contributed by atoms with Crippen molar-refractivity contribution >= 4 is 0 Å². The number of nitrogens with one attached hydrogen (secondary N) is 1. The van der Waals surface area contributed by atoms with E-state index in [1.807, 2.05) is 6.07 Å². The van der Waals surface area contributed by atoms with E-state index in [-0.39, 0.29) is 11.5 Å². The van der Waals surface area contributed by atoms with E-state index in [0.29, 0.717) is 35.9 Å². The van der Waals surface area contributed by atoms with Crippen molar-refractivity contribution in [2.45, 2.75) is 25.3 Å². The van der Waals surface area contributed by atoms with Crippen LogP contribution in [0.4, 0.5) is 8.78 Å². The highest BCUT2D eigenvalue weighted by molar-refractivity contribution is 5.48. The molecular weight excluding hydrogens is 362 g/mol. The van der Waals surface area contributed by atoms with Crippen LogP contribution in [0.3, 0.4) is 0 Å². The number of halogens is 2. The quantitative estimate of drug-likeness (QED) is 0.750. The van der Waals surface area contributed by atoms with Gasteiger partial charge in [0, 0.05) is 36.8 Å². The van der Waals surface area contributed by atoms with Crippen LogP contribution in [-0.2, 0) is 6.54 Å². The van der Waals surface area contributed by atoms with E-state index in [9.17, 15) is 13.6 Å². The first-order valence-electron chi connectivity index (χ1n) is 9.28. The SMILES string of the molecule is O=c1cc([C@@H]2CCCN(Cc3cccc(F)c3F)C2)nc(-c2ccccn2)[nH]1. The number of pyridine rings is 1. The van der Waals surface area contributed by atoms with Crippen LogP contribution in [0.1, 0.15) is 30.0 Å². The lowest BCUT2D eigenvalue weighted by molar-refractivity contribution is 0.195. The van der Waals surface area contributed by atoms with E-state index in [1.54, 1.807) is 24.4 Å². The van der Waals surface area contributed by atoms with Crippen molar-refractivity contribution in [3.63, 3.8) is 0 Å². The third kappa shape index (κ3) is 3.99. The van der Waals surface area contributed by atoms with Crippen LogP contribution in [0.15, 0.2) is 53.5 Å². The lowest BCUT2D eigenvalue weighted by atomic mass is 9.94. The van der Waals surface area contributed by atoms with Crippen molar-refractivity contribution in [3.05, 3.63) is 81.9 Å². The van der Waals surface area contributed by atoms with Crippen LogP contribution >= 0.6 is 0 Å². The maximum atomic E-state index is 14.0. The minimum Gasteiger partial charge on any atom is -0.305 e. The highest BCUT2D eigenvalue weighted by atomic mass is 19.2. The molecule has 3 heterocycles. The standard InChI is InChI=1S/C21H20F2N4O/c22-16-7-3-5-15(20(16)23)13-27-10-4-6-14(12-27)18-11-19(28)26-21(25-18)17-8-1-2-9-24-17/h1-3,5,7-9,11,14H,4,6,10,12-13H2,(H,25,26,28)/t14-/m1/s1. The Morgan fingerprint density at radius 2 is 2.07 bits per heavy atom. The number of benzene rings is 1. The molecule has 7 heteroatoms. The van der Waals surface area contributed by atoms with E-state index in [4.69, 9.17) is 0 Å². The molecule has 3 aromatic rings. The minimum absolute atomic E-state index is 0.0510. The normalized spacial score (nSPS) is 17.6. The molecule has 1 N–H and O–H groups in total. The first-order valence-corrected chi connectivity index (χ1v) is 9.28. The van der Waals surface area contributed by atoms with E-state index >= 15 is 0 Å². The van der Waals surface area contributed by atoms with Crippen molar-refractivity contribution < 1.29 is 8.78 Å². The van der Waals surface area contributed by atoms with Crippen molar-refractivity contribution in [3.8, 4) is 11.5 Å². The van der Waals surface area contributed by atoms with Gasteiger partial charge in [-0.25, -0.2) is 13.8 Å². The predicted molar refractivity (Wildman–Crippen MR) is 102 cm³/mol.